The third-order valence-corrected chi connectivity index (χ3v) is 3.04. The van der Waals surface area contributed by atoms with E-state index in [0.717, 1.165) is 17.7 Å². The Kier molecular flexibility index (Phi) is 4.60. The standard InChI is InChI=1S/C16H18N2O2/c1-20-13-6-4-5-12(11-13)9-10-18-16(19)14-7-2-3-8-15(14)17/h2-8,11H,9-10,17H2,1H3,(H,18,19). The fourth-order valence-corrected chi connectivity index (χ4v) is 1.95. The molecule has 2 aromatic carbocycles. The number of rotatable bonds is 5. The summed E-state index contributed by atoms with van der Waals surface area (Å²) in [6, 6.07) is 14.8. The second-order valence-electron chi connectivity index (χ2n) is 4.44. The summed E-state index contributed by atoms with van der Waals surface area (Å²) in [5, 5.41) is 2.87. The van der Waals surface area contributed by atoms with Crippen LogP contribution in [0.15, 0.2) is 48.5 Å². The Morgan fingerprint density at radius 1 is 1.20 bits per heavy atom. The van der Waals surface area contributed by atoms with Crippen molar-refractivity contribution in [1.29, 1.82) is 0 Å². The van der Waals surface area contributed by atoms with Crippen LogP contribution in [0.2, 0.25) is 0 Å². The van der Waals surface area contributed by atoms with E-state index in [1.165, 1.54) is 0 Å². The van der Waals surface area contributed by atoms with Crippen molar-refractivity contribution in [2.24, 2.45) is 0 Å². The summed E-state index contributed by atoms with van der Waals surface area (Å²) >= 11 is 0. The molecule has 0 saturated carbocycles. The lowest BCUT2D eigenvalue weighted by Crippen LogP contribution is -2.26. The molecule has 0 aliphatic carbocycles. The van der Waals surface area contributed by atoms with E-state index in [4.69, 9.17) is 10.5 Å². The van der Waals surface area contributed by atoms with Crippen molar-refractivity contribution in [1.82, 2.24) is 5.32 Å². The minimum atomic E-state index is -0.147. The van der Waals surface area contributed by atoms with Gasteiger partial charge in [0.1, 0.15) is 5.75 Å². The van der Waals surface area contributed by atoms with Crippen LogP contribution in [0.5, 0.6) is 5.75 Å². The molecule has 2 rings (SSSR count). The largest absolute Gasteiger partial charge is 0.497 e. The molecule has 104 valence electrons. The van der Waals surface area contributed by atoms with E-state index < -0.39 is 0 Å². The fraction of sp³-hybridized carbons (Fsp3) is 0.188. The molecule has 4 heteroatoms. The predicted molar refractivity (Wildman–Crippen MR) is 79.9 cm³/mol. The highest BCUT2D eigenvalue weighted by Crippen LogP contribution is 2.13. The Morgan fingerprint density at radius 3 is 2.75 bits per heavy atom. The van der Waals surface area contributed by atoms with Crippen LogP contribution in [-0.2, 0) is 6.42 Å². The zero-order valence-electron chi connectivity index (χ0n) is 11.4. The first-order valence-electron chi connectivity index (χ1n) is 6.46. The van der Waals surface area contributed by atoms with Crippen LogP contribution in [0.3, 0.4) is 0 Å². The summed E-state index contributed by atoms with van der Waals surface area (Å²) in [7, 11) is 1.64. The van der Waals surface area contributed by atoms with Crippen molar-refractivity contribution in [3.8, 4) is 5.75 Å². The predicted octanol–water partition coefficient (Wildman–Crippen LogP) is 2.25. The zero-order valence-corrected chi connectivity index (χ0v) is 11.4. The number of nitrogens with two attached hydrogens (primary N) is 1. The maximum Gasteiger partial charge on any atom is 0.253 e. The summed E-state index contributed by atoms with van der Waals surface area (Å²) in [4.78, 5) is 12.0. The van der Waals surface area contributed by atoms with Crippen LogP contribution >= 0.6 is 0 Å². The molecule has 0 aromatic heterocycles. The van der Waals surface area contributed by atoms with E-state index in [-0.39, 0.29) is 5.91 Å². The number of amides is 1. The number of nitrogens with one attached hydrogen (secondary N) is 1. The summed E-state index contributed by atoms with van der Waals surface area (Å²) < 4.78 is 5.16. The number of anilines is 1. The molecular weight excluding hydrogens is 252 g/mol. The monoisotopic (exact) mass is 270 g/mol. The van der Waals surface area contributed by atoms with Gasteiger partial charge in [-0.25, -0.2) is 0 Å². The van der Waals surface area contributed by atoms with Crippen molar-refractivity contribution in [3.05, 3.63) is 59.7 Å². The van der Waals surface area contributed by atoms with E-state index in [0.29, 0.717) is 17.8 Å². The maximum absolute atomic E-state index is 12.0. The third-order valence-electron chi connectivity index (χ3n) is 3.04. The smallest absolute Gasteiger partial charge is 0.253 e. The lowest BCUT2D eigenvalue weighted by molar-refractivity contribution is 0.0955. The van der Waals surface area contributed by atoms with E-state index in [9.17, 15) is 4.79 Å². The molecule has 2 aromatic rings. The Labute approximate surface area is 118 Å². The fourth-order valence-electron chi connectivity index (χ4n) is 1.95. The summed E-state index contributed by atoms with van der Waals surface area (Å²) in [6.07, 6.45) is 0.746. The molecule has 0 spiro atoms. The van der Waals surface area contributed by atoms with Gasteiger partial charge in [0.2, 0.25) is 0 Å². The van der Waals surface area contributed by atoms with Crippen LogP contribution in [0.25, 0.3) is 0 Å². The number of methoxy groups -OCH3 is 1. The van der Waals surface area contributed by atoms with E-state index >= 15 is 0 Å². The molecule has 0 saturated heterocycles. The Bertz CT molecular complexity index is 597. The number of ether oxygens (including phenoxy) is 1. The molecule has 0 radical (unpaired) electrons. The van der Waals surface area contributed by atoms with Gasteiger partial charge < -0.3 is 15.8 Å². The topological polar surface area (TPSA) is 64.3 Å². The number of nitrogen functional groups attached to an aromatic ring is 1. The van der Waals surface area contributed by atoms with Gasteiger partial charge >= 0.3 is 0 Å². The minimum absolute atomic E-state index is 0.147. The zero-order chi connectivity index (χ0) is 14.4. The van der Waals surface area contributed by atoms with Gasteiger partial charge in [0.05, 0.1) is 12.7 Å². The highest BCUT2D eigenvalue weighted by molar-refractivity contribution is 5.99. The molecule has 0 unspecified atom stereocenters. The van der Waals surface area contributed by atoms with Crippen molar-refractivity contribution in [2.45, 2.75) is 6.42 Å². The maximum atomic E-state index is 12.0. The molecular formula is C16H18N2O2. The van der Waals surface area contributed by atoms with Crippen LogP contribution in [-0.4, -0.2) is 19.6 Å². The molecule has 3 N–H and O–H groups in total. The van der Waals surface area contributed by atoms with E-state index in [1.54, 1.807) is 25.3 Å². The van der Waals surface area contributed by atoms with Crippen LogP contribution in [0, 0.1) is 0 Å². The van der Waals surface area contributed by atoms with Crippen molar-refractivity contribution >= 4 is 11.6 Å². The van der Waals surface area contributed by atoms with Gasteiger partial charge in [-0.05, 0) is 36.2 Å². The lowest BCUT2D eigenvalue weighted by Gasteiger charge is -2.08. The molecule has 4 nitrogen and oxygen atoms in total. The molecule has 1 amide bonds. The summed E-state index contributed by atoms with van der Waals surface area (Å²) in [5.74, 6) is 0.673. The lowest BCUT2D eigenvalue weighted by atomic mass is 10.1. The number of para-hydroxylation sites is 1. The van der Waals surface area contributed by atoms with Crippen LogP contribution in [0.4, 0.5) is 5.69 Å². The van der Waals surface area contributed by atoms with Crippen molar-refractivity contribution in [3.63, 3.8) is 0 Å². The molecule has 0 fully saturated rings. The third kappa shape index (κ3) is 3.51. The average molecular weight is 270 g/mol. The van der Waals surface area contributed by atoms with Gasteiger partial charge in [0, 0.05) is 12.2 Å². The van der Waals surface area contributed by atoms with Gasteiger partial charge in [-0.3, -0.25) is 4.79 Å². The van der Waals surface area contributed by atoms with Gasteiger partial charge in [0.25, 0.3) is 5.91 Å². The number of hydrogen-bond acceptors (Lipinski definition) is 3. The molecule has 0 bridgehead atoms. The second kappa shape index (κ2) is 6.61. The first kappa shape index (κ1) is 13.9. The average Bonchev–Trinajstić information content (AvgIpc) is 2.48. The van der Waals surface area contributed by atoms with Gasteiger partial charge in [-0.1, -0.05) is 24.3 Å². The quantitative estimate of drug-likeness (QED) is 0.819. The Balaban J connectivity index is 1.89. The second-order valence-corrected chi connectivity index (χ2v) is 4.44. The molecule has 0 heterocycles. The van der Waals surface area contributed by atoms with Gasteiger partial charge in [0.15, 0.2) is 0 Å². The highest BCUT2D eigenvalue weighted by atomic mass is 16.5. The first-order chi connectivity index (χ1) is 9.70. The summed E-state index contributed by atoms with van der Waals surface area (Å²) in [6.45, 7) is 0.556. The van der Waals surface area contributed by atoms with E-state index in [2.05, 4.69) is 5.32 Å². The number of carbonyl (C=O) groups excluding carboxylic acids is 1. The SMILES string of the molecule is COc1cccc(CCNC(=O)c2ccccc2N)c1. The van der Waals surface area contributed by atoms with Crippen LogP contribution in [0.1, 0.15) is 15.9 Å². The molecule has 0 aliphatic heterocycles. The van der Waals surface area contributed by atoms with Crippen molar-refractivity contribution in [2.75, 3.05) is 19.4 Å². The van der Waals surface area contributed by atoms with Gasteiger partial charge in [-0.2, -0.15) is 0 Å². The van der Waals surface area contributed by atoms with Crippen molar-refractivity contribution < 1.29 is 9.53 Å². The Morgan fingerprint density at radius 2 is 2.00 bits per heavy atom. The van der Waals surface area contributed by atoms with Crippen LogP contribution < -0.4 is 15.8 Å². The highest BCUT2D eigenvalue weighted by Gasteiger charge is 2.07. The number of hydrogen-bond donors (Lipinski definition) is 2. The molecule has 0 aliphatic rings. The molecule has 0 atom stereocenters. The normalized spacial score (nSPS) is 10.1. The van der Waals surface area contributed by atoms with Gasteiger partial charge in [-0.15, -0.1) is 0 Å². The number of carbonyl (C=O) groups is 1. The molecule has 20 heavy (non-hydrogen) atoms. The minimum Gasteiger partial charge on any atom is -0.497 e. The Hall–Kier alpha value is -2.49. The van der Waals surface area contributed by atoms with E-state index in [1.807, 2.05) is 30.3 Å². The number of benzene rings is 2. The summed E-state index contributed by atoms with van der Waals surface area (Å²) in [5.41, 5.74) is 7.89. The first-order valence-corrected chi connectivity index (χ1v) is 6.46.